The van der Waals surface area contributed by atoms with Gasteiger partial charge in [0.2, 0.25) is 5.91 Å². The molecule has 1 saturated heterocycles. The molecule has 0 aliphatic carbocycles. The third-order valence-corrected chi connectivity index (χ3v) is 6.48. The van der Waals surface area contributed by atoms with Gasteiger partial charge < -0.3 is 15.0 Å². The van der Waals surface area contributed by atoms with Crippen molar-refractivity contribution in [2.45, 2.75) is 50.9 Å². The number of amides is 1. The van der Waals surface area contributed by atoms with Crippen LogP contribution < -0.4 is 10.1 Å². The van der Waals surface area contributed by atoms with E-state index in [-0.39, 0.29) is 11.3 Å². The Morgan fingerprint density at radius 1 is 1.10 bits per heavy atom. The van der Waals surface area contributed by atoms with Crippen LogP contribution in [0.25, 0.3) is 0 Å². The third-order valence-electron chi connectivity index (χ3n) is 6.48. The van der Waals surface area contributed by atoms with Crippen LogP contribution in [0.1, 0.15) is 50.2 Å². The van der Waals surface area contributed by atoms with E-state index in [4.69, 9.17) is 4.74 Å². The summed E-state index contributed by atoms with van der Waals surface area (Å²) in [6, 6.07) is 18.4. The molecule has 3 rings (SSSR count). The number of ether oxygens (including phenoxy) is 1. The molecule has 0 bridgehead atoms. The van der Waals surface area contributed by atoms with E-state index < -0.39 is 0 Å². The van der Waals surface area contributed by atoms with E-state index in [2.05, 4.69) is 49.2 Å². The normalized spacial score (nSPS) is 15.4. The van der Waals surface area contributed by atoms with Crippen molar-refractivity contribution in [3.63, 3.8) is 0 Å². The summed E-state index contributed by atoms with van der Waals surface area (Å²) in [6.07, 6.45) is 5.78. The molecule has 1 fully saturated rings. The molecule has 0 unspecified atom stereocenters. The number of hydrogen-bond acceptors (Lipinski definition) is 3. The molecule has 2 aromatic carbocycles. The number of nitrogens with one attached hydrogen (secondary N) is 1. The van der Waals surface area contributed by atoms with Crippen LogP contribution >= 0.6 is 0 Å². The molecule has 1 aliphatic rings. The van der Waals surface area contributed by atoms with Gasteiger partial charge in [0.05, 0.1) is 13.5 Å². The van der Waals surface area contributed by atoms with Crippen LogP contribution in [0.3, 0.4) is 0 Å². The molecule has 1 amide bonds. The highest BCUT2D eigenvalue weighted by Gasteiger charge is 2.39. The second-order valence-corrected chi connectivity index (χ2v) is 8.47. The van der Waals surface area contributed by atoms with Crippen molar-refractivity contribution in [1.29, 1.82) is 0 Å². The minimum atomic E-state index is -0.125. The Bertz CT molecular complexity index is 855. The first kappa shape index (κ1) is 22.9. The second kappa shape index (κ2) is 11.0. The van der Waals surface area contributed by atoms with Gasteiger partial charge in [0.15, 0.2) is 0 Å². The minimum Gasteiger partial charge on any atom is -0.497 e. The number of carbonyl (C=O) groups excluding carboxylic acids is 1. The molecule has 2 aromatic rings. The number of nitrogens with zero attached hydrogens (tertiary/aromatic N) is 1. The maximum atomic E-state index is 13.0. The molecule has 166 valence electrons. The van der Waals surface area contributed by atoms with Crippen LogP contribution in [0, 0.1) is 0 Å². The van der Waals surface area contributed by atoms with Crippen molar-refractivity contribution in [3.8, 4) is 5.75 Å². The van der Waals surface area contributed by atoms with Crippen molar-refractivity contribution in [1.82, 2.24) is 10.2 Å². The molecule has 1 N–H and O–H groups in total. The van der Waals surface area contributed by atoms with Gasteiger partial charge in [0.1, 0.15) is 5.75 Å². The lowest BCUT2D eigenvalue weighted by atomic mass is 9.70. The summed E-state index contributed by atoms with van der Waals surface area (Å²) in [6.45, 7) is 9.12. The molecule has 31 heavy (non-hydrogen) atoms. The summed E-state index contributed by atoms with van der Waals surface area (Å²) >= 11 is 0. The SMILES string of the molecule is C=C(NCCCCC)C1(c2ccccc2)CCN(C(=O)Cc2cccc(OC)c2)CC1. The van der Waals surface area contributed by atoms with Gasteiger partial charge in [-0.05, 0) is 42.5 Å². The fraction of sp³-hybridized carbons (Fsp3) is 0.444. The Morgan fingerprint density at radius 2 is 1.84 bits per heavy atom. The van der Waals surface area contributed by atoms with Crippen molar-refractivity contribution < 1.29 is 9.53 Å². The van der Waals surface area contributed by atoms with E-state index in [1.807, 2.05) is 29.2 Å². The topological polar surface area (TPSA) is 41.6 Å². The zero-order chi connectivity index (χ0) is 22.1. The molecule has 4 nitrogen and oxygen atoms in total. The van der Waals surface area contributed by atoms with Gasteiger partial charge in [0, 0.05) is 30.7 Å². The lowest BCUT2D eigenvalue weighted by molar-refractivity contribution is -0.131. The average Bonchev–Trinajstić information content (AvgIpc) is 2.82. The summed E-state index contributed by atoms with van der Waals surface area (Å²) < 4.78 is 5.29. The van der Waals surface area contributed by atoms with Crippen LogP contribution in [0.15, 0.2) is 66.9 Å². The predicted octanol–water partition coefficient (Wildman–Crippen LogP) is 5.09. The maximum absolute atomic E-state index is 13.0. The highest BCUT2D eigenvalue weighted by Crippen LogP contribution is 2.40. The Kier molecular flexibility index (Phi) is 8.16. The lowest BCUT2D eigenvalue weighted by Crippen LogP contribution is -2.48. The van der Waals surface area contributed by atoms with Crippen LogP contribution in [0.5, 0.6) is 5.75 Å². The lowest BCUT2D eigenvalue weighted by Gasteiger charge is -2.44. The van der Waals surface area contributed by atoms with Gasteiger partial charge in [0.25, 0.3) is 0 Å². The third kappa shape index (κ3) is 5.69. The number of benzene rings is 2. The second-order valence-electron chi connectivity index (χ2n) is 8.47. The highest BCUT2D eigenvalue weighted by atomic mass is 16.5. The Balaban J connectivity index is 1.67. The number of carbonyl (C=O) groups is 1. The largest absolute Gasteiger partial charge is 0.497 e. The average molecular weight is 421 g/mol. The maximum Gasteiger partial charge on any atom is 0.226 e. The van der Waals surface area contributed by atoms with Gasteiger partial charge >= 0.3 is 0 Å². The van der Waals surface area contributed by atoms with Crippen LogP contribution in [-0.4, -0.2) is 37.6 Å². The summed E-state index contributed by atoms with van der Waals surface area (Å²) in [5.74, 6) is 0.967. The Labute approximate surface area is 187 Å². The summed E-state index contributed by atoms with van der Waals surface area (Å²) in [5, 5.41) is 3.61. The van der Waals surface area contributed by atoms with E-state index in [1.165, 1.54) is 18.4 Å². The number of hydrogen-bond donors (Lipinski definition) is 1. The minimum absolute atomic E-state index is 0.125. The molecule has 1 heterocycles. The Hall–Kier alpha value is -2.75. The summed E-state index contributed by atoms with van der Waals surface area (Å²) in [4.78, 5) is 15.0. The number of allylic oxidation sites excluding steroid dienone is 1. The monoisotopic (exact) mass is 420 g/mol. The molecular formula is C27H36N2O2. The standard InChI is InChI=1S/C27H36N2O2/c1-4-5-9-17-28-22(2)27(24-12-7-6-8-13-24)15-18-29(19-16-27)26(30)21-23-11-10-14-25(20-23)31-3/h6-8,10-14,20,28H,2,4-5,9,15-19,21H2,1,3H3. The van der Waals surface area contributed by atoms with Gasteiger partial charge in [-0.3, -0.25) is 4.79 Å². The van der Waals surface area contributed by atoms with E-state index in [0.29, 0.717) is 6.42 Å². The smallest absolute Gasteiger partial charge is 0.226 e. The predicted molar refractivity (Wildman–Crippen MR) is 127 cm³/mol. The van der Waals surface area contributed by atoms with Gasteiger partial charge in [-0.15, -0.1) is 0 Å². The van der Waals surface area contributed by atoms with Crippen molar-refractivity contribution in [3.05, 3.63) is 78.0 Å². The van der Waals surface area contributed by atoms with E-state index in [1.54, 1.807) is 7.11 Å². The van der Waals surface area contributed by atoms with Crippen molar-refractivity contribution >= 4 is 5.91 Å². The number of unbranched alkanes of at least 4 members (excludes halogenated alkanes) is 2. The zero-order valence-corrected chi connectivity index (χ0v) is 19.0. The number of rotatable bonds is 10. The van der Waals surface area contributed by atoms with Crippen LogP contribution in [0.4, 0.5) is 0 Å². The molecule has 1 aliphatic heterocycles. The summed E-state index contributed by atoms with van der Waals surface area (Å²) in [7, 11) is 1.65. The molecule has 0 saturated carbocycles. The molecule has 0 radical (unpaired) electrons. The molecule has 0 atom stereocenters. The number of piperidine rings is 1. The fourth-order valence-corrected chi connectivity index (χ4v) is 4.51. The van der Waals surface area contributed by atoms with Gasteiger partial charge in [-0.2, -0.15) is 0 Å². The fourth-order valence-electron chi connectivity index (χ4n) is 4.51. The molecule has 0 spiro atoms. The summed E-state index contributed by atoms with van der Waals surface area (Å²) in [5.41, 5.74) is 3.25. The van der Waals surface area contributed by atoms with Crippen LogP contribution in [-0.2, 0) is 16.6 Å². The first-order valence-corrected chi connectivity index (χ1v) is 11.5. The highest BCUT2D eigenvalue weighted by molar-refractivity contribution is 5.79. The van der Waals surface area contributed by atoms with E-state index >= 15 is 0 Å². The molecule has 0 aromatic heterocycles. The van der Waals surface area contributed by atoms with E-state index in [9.17, 15) is 4.79 Å². The van der Waals surface area contributed by atoms with Gasteiger partial charge in [-0.25, -0.2) is 0 Å². The number of likely N-dealkylation sites (tertiary alicyclic amines) is 1. The first-order valence-electron chi connectivity index (χ1n) is 11.5. The quantitative estimate of drug-likeness (QED) is 0.544. The van der Waals surface area contributed by atoms with Crippen molar-refractivity contribution in [2.75, 3.05) is 26.7 Å². The molecule has 4 heteroatoms. The number of methoxy groups -OCH3 is 1. The zero-order valence-electron chi connectivity index (χ0n) is 19.0. The van der Waals surface area contributed by atoms with Crippen molar-refractivity contribution in [2.24, 2.45) is 0 Å². The van der Waals surface area contributed by atoms with Crippen LogP contribution in [0.2, 0.25) is 0 Å². The first-order chi connectivity index (χ1) is 15.1. The van der Waals surface area contributed by atoms with E-state index in [0.717, 1.165) is 55.9 Å². The molecular weight excluding hydrogens is 384 g/mol. The van der Waals surface area contributed by atoms with Gasteiger partial charge in [-0.1, -0.05) is 68.8 Å². The Morgan fingerprint density at radius 3 is 2.52 bits per heavy atom.